The quantitative estimate of drug-likeness (QED) is 0.552. The lowest BCUT2D eigenvalue weighted by Gasteiger charge is -2.27. The Kier molecular flexibility index (Phi) is 7.03. The van der Waals surface area contributed by atoms with Gasteiger partial charge >= 0.3 is 0 Å². The normalized spacial score (nSPS) is 11.7. The van der Waals surface area contributed by atoms with Crippen molar-refractivity contribution in [1.29, 1.82) is 0 Å². The first-order chi connectivity index (χ1) is 14.2. The minimum absolute atomic E-state index is 0.179. The number of hydrogen-bond acceptors (Lipinski definition) is 6. The lowest BCUT2D eigenvalue weighted by Crippen LogP contribution is -2.35. The number of aliphatic hydroxyl groups is 1. The first-order valence-electron chi connectivity index (χ1n) is 9.55. The van der Waals surface area contributed by atoms with Crippen molar-refractivity contribution in [3.05, 3.63) is 61.1 Å². The molecular formula is C23H27NO5. The van der Waals surface area contributed by atoms with Crippen LogP contribution in [0.2, 0.25) is 0 Å². The van der Waals surface area contributed by atoms with Crippen LogP contribution >= 0.6 is 0 Å². The molecule has 0 aliphatic rings. The van der Waals surface area contributed by atoms with Gasteiger partial charge in [-0.3, -0.25) is 0 Å². The van der Waals surface area contributed by atoms with Crippen molar-refractivity contribution in [1.82, 2.24) is 0 Å². The van der Waals surface area contributed by atoms with Crippen LogP contribution in [0.5, 0.6) is 17.2 Å². The van der Waals surface area contributed by atoms with Crippen molar-refractivity contribution in [2.45, 2.75) is 13.0 Å². The Morgan fingerprint density at radius 3 is 2.48 bits per heavy atom. The second-order valence-electron chi connectivity index (χ2n) is 6.55. The Balaban J connectivity index is 1.65. The first kappa shape index (κ1) is 20.6. The second kappa shape index (κ2) is 9.89. The topological polar surface area (TPSA) is 64.3 Å². The number of likely N-dealkylation sites (N-methyl/N-ethyl adjacent to an activating group) is 1. The predicted molar refractivity (Wildman–Crippen MR) is 113 cm³/mol. The number of ether oxygens (including phenoxy) is 3. The average molecular weight is 397 g/mol. The summed E-state index contributed by atoms with van der Waals surface area (Å²) in [6.07, 6.45) is 2.64. The average Bonchev–Trinajstić information content (AvgIpc) is 3.30. The van der Waals surface area contributed by atoms with E-state index in [1.807, 2.05) is 55.5 Å². The summed E-state index contributed by atoms with van der Waals surface area (Å²) in [5, 5.41) is 10.6. The molecule has 154 valence electrons. The molecule has 1 unspecified atom stereocenters. The lowest BCUT2D eigenvalue weighted by atomic mass is 10.1. The number of hydrogen-bond donors (Lipinski definition) is 1. The van der Waals surface area contributed by atoms with Gasteiger partial charge in [0.2, 0.25) is 0 Å². The molecule has 0 saturated heterocycles. The molecule has 0 bridgehead atoms. The fourth-order valence-corrected chi connectivity index (χ4v) is 3.18. The third-order valence-corrected chi connectivity index (χ3v) is 4.70. The zero-order valence-corrected chi connectivity index (χ0v) is 17.0. The molecule has 0 aliphatic carbocycles. The molecule has 6 nitrogen and oxygen atoms in total. The summed E-state index contributed by atoms with van der Waals surface area (Å²) >= 11 is 0. The number of methoxy groups -OCH3 is 2. The molecule has 1 heterocycles. The van der Waals surface area contributed by atoms with Crippen LogP contribution in [0, 0.1) is 0 Å². The van der Waals surface area contributed by atoms with Gasteiger partial charge in [0.1, 0.15) is 18.5 Å². The number of nitrogens with zero attached hydrogens (tertiary/aromatic N) is 1. The monoisotopic (exact) mass is 397 g/mol. The van der Waals surface area contributed by atoms with E-state index >= 15 is 0 Å². The number of para-hydroxylation sites is 1. The van der Waals surface area contributed by atoms with Crippen molar-refractivity contribution in [2.75, 3.05) is 38.8 Å². The van der Waals surface area contributed by atoms with Crippen LogP contribution in [0.1, 0.15) is 6.92 Å². The maximum Gasteiger partial charge on any atom is 0.162 e. The van der Waals surface area contributed by atoms with Crippen LogP contribution < -0.4 is 19.1 Å². The van der Waals surface area contributed by atoms with Gasteiger partial charge in [-0.25, -0.2) is 0 Å². The largest absolute Gasteiger partial charge is 0.493 e. The van der Waals surface area contributed by atoms with E-state index in [0.29, 0.717) is 23.8 Å². The Morgan fingerprint density at radius 1 is 1.00 bits per heavy atom. The van der Waals surface area contributed by atoms with E-state index in [0.717, 1.165) is 23.4 Å². The fraction of sp³-hybridized carbons (Fsp3) is 0.304. The van der Waals surface area contributed by atoms with Crippen LogP contribution in [-0.2, 0) is 0 Å². The van der Waals surface area contributed by atoms with Gasteiger partial charge < -0.3 is 28.6 Å². The zero-order valence-electron chi connectivity index (χ0n) is 17.0. The molecule has 3 rings (SSSR count). The molecule has 0 aliphatic heterocycles. The third-order valence-electron chi connectivity index (χ3n) is 4.70. The van der Waals surface area contributed by atoms with E-state index in [1.54, 1.807) is 26.7 Å². The lowest BCUT2D eigenvalue weighted by molar-refractivity contribution is 0.112. The number of aliphatic hydroxyl groups excluding tert-OH is 1. The maximum atomic E-state index is 10.6. The molecule has 2 aromatic carbocycles. The zero-order chi connectivity index (χ0) is 20.6. The molecule has 0 spiro atoms. The van der Waals surface area contributed by atoms with Crippen LogP contribution in [0.3, 0.4) is 0 Å². The maximum absolute atomic E-state index is 10.6. The standard InChI is InChI=1S/C23H27NO5/c1-4-24(18-9-10-22(26-2)23(13-18)27-3)14-19(25)16-29-21-8-6-5-7-20(21)17-11-12-28-15-17/h5-13,15,19,25H,4,14,16H2,1-3H3. The molecular weight excluding hydrogens is 370 g/mol. The summed E-state index contributed by atoms with van der Waals surface area (Å²) in [6.45, 7) is 3.38. The number of anilines is 1. The van der Waals surface area contributed by atoms with Gasteiger partial charge in [0.15, 0.2) is 11.5 Å². The highest BCUT2D eigenvalue weighted by atomic mass is 16.5. The summed E-state index contributed by atoms with van der Waals surface area (Å²) in [6, 6.07) is 15.3. The molecule has 0 amide bonds. The van der Waals surface area contributed by atoms with Crippen LogP contribution in [0.25, 0.3) is 11.1 Å². The van der Waals surface area contributed by atoms with Crippen molar-refractivity contribution >= 4 is 5.69 Å². The summed E-state index contributed by atoms with van der Waals surface area (Å²) in [4.78, 5) is 2.07. The minimum Gasteiger partial charge on any atom is -0.493 e. The Morgan fingerprint density at radius 2 is 1.79 bits per heavy atom. The SMILES string of the molecule is CCN(CC(O)COc1ccccc1-c1ccoc1)c1ccc(OC)c(OC)c1. The second-order valence-corrected chi connectivity index (χ2v) is 6.55. The predicted octanol–water partition coefficient (Wildman–Crippen LogP) is 4.23. The van der Waals surface area contributed by atoms with Gasteiger partial charge in [0, 0.05) is 36.0 Å². The van der Waals surface area contributed by atoms with Crippen LogP contribution in [0.4, 0.5) is 5.69 Å². The van der Waals surface area contributed by atoms with Gasteiger partial charge in [-0.1, -0.05) is 18.2 Å². The molecule has 1 N–H and O–H groups in total. The summed E-state index contributed by atoms with van der Waals surface area (Å²) in [5.74, 6) is 2.04. The highest BCUT2D eigenvalue weighted by molar-refractivity contribution is 5.69. The molecule has 0 fully saturated rings. The molecule has 3 aromatic rings. The first-order valence-corrected chi connectivity index (χ1v) is 9.55. The molecule has 0 radical (unpaired) electrons. The van der Waals surface area contributed by atoms with Gasteiger partial charge in [-0.05, 0) is 31.2 Å². The Labute approximate surface area is 171 Å². The smallest absolute Gasteiger partial charge is 0.162 e. The molecule has 1 aromatic heterocycles. The van der Waals surface area contributed by atoms with E-state index in [2.05, 4.69) is 4.90 Å². The molecule has 6 heteroatoms. The van der Waals surface area contributed by atoms with E-state index in [-0.39, 0.29) is 6.61 Å². The van der Waals surface area contributed by atoms with E-state index in [1.165, 1.54) is 0 Å². The minimum atomic E-state index is -0.666. The molecule has 29 heavy (non-hydrogen) atoms. The van der Waals surface area contributed by atoms with Crippen molar-refractivity contribution in [3.63, 3.8) is 0 Å². The highest BCUT2D eigenvalue weighted by Gasteiger charge is 2.15. The van der Waals surface area contributed by atoms with E-state index < -0.39 is 6.10 Å². The molecule has 0 saturated carbocycles. The van der Waals surface area contributed by atoms with E-state index in [4.69, 9.17) is 18.6 Å². The van der Waals surface area contributed by atoms with Gasteiger partial charge in [0.05, 0.1) is 26.7 Å². The Bertz CT molecular complexity index is 894. The highest BCUT2D eigenvalue weighted by Crippen LogP contribution is 2.32. The van der Waals surface area contributed by atoms with Gasteiger partial charge in [-0.15, -0.1) is 0 Å². The summed E-state index contributed by atoms with van der Waals surface area (Å²) in [7, 11) is 3.22. The van der Waals surface area contributed by atoms with E-state index in [9.17, 15) is 5.11 Å². The summed E-state index contributed by atoms with van der Waals surface area (Å²) in [5.41, 5.74) is 2.82. The Hall–Kier alpha value is -3.12. The van der Waals surface area contributed by atoms with Crippen LogP contribution in [-0.4, -0.2) is 45.1 Å². The van der Waals surface area contributed by atoms with Crippen LogP contribution in [0.15, 0.2) is 65.5 Å². The van der Waals surface area contributed by atoms with Gasteiger partial charge in [0.25, 0.3) is 0 Å². The molecule has 1 atom stereocenters. The van der Waals surface area contributed by atoms with Crippen molar-refractivity contribution in [2.24, 2.45) is 0 Å². The fourth-order valence-electron chi connectivity index (χ4n) is 3.18. The van der Waals surface area contributed by atoms with Gasteiger partial charge in [-0.2, -0.15) is 0 Å². The van der Waals surface area contributed by atoms with Crippen molar-refractivity contribution in [3.8, 4) is 28.4 Å². The number of rotatable bonds is 10. The number of furan rings is 1. The number of benzene rings is 2. The summed E-state index contributed by atoms with van der Waals surface area (Å²) < 4.78 is 21.8. The van der Waals surface area contributed by atoms with Crippen molar-refractivity contribution < 1.29 is 23.7 Å². The third kappa shape index (κ3) is 5.03.